The van der Waals surface area contributed by atoms with E-state index in [-0.39, 0.29) is 0 Å². The highest BCUT2D eigenvalue weighted by atomic mass is 79.9. The Kier molecular flexibility index (Phi) is 3.48. The molecule has 0 atom stereocenters. The molecule has 0 aliphatic rings. The van der Waals surface area contributed by atoms with Crippen molar-refractivity contribution in [3.8, 4) is 0 Å². The Morgan fingerprint density at radius 1 is 1.27 bits per heavy atom. The Balaban J connectivity index is 2.52. The van der Waals surface area contributed by atoms with Gasteiger partial charge in [-0.25, -0.2) is 5.43 Å². The van der Waals surface area contributed by atoms with Crippen LogP contribution in [0.15, 0.2) is 28.7 Å². The third-order valence-corrected chi connectivity index (χ3v) is 1.80. The molecule has 1 aromatic rings. The van der Waals surface area contributed by atoms with Gasteiger partial charge in [-0.3, -0.25) is 0 Å². The van der Waals surface area contributed by atoms with Crippen LogP contribution < -0.4 is 11.1 Å². The van der Waals surface area contributed by atoms with Crippen LogP contribution in [0.25, 0.3) is 0 Å². The summed E-state index contributed by atoms with van der Waals surface area (Å²) in [5.74, 6) is 0. The molecule has 1 aromatic carbocycles. The Morgan fingerprint density at radius 2 is 1.91 bits per heavy atom. The molecule has 0 saturated heterocycles. The molecule has 0 heterocycles. The Bertz CT molecular complexity index is 212. The zero-order valence-corrected chi connectivity index (χ0v) is 7.36. The van der Waals surface area contributed by atoms with Gasteiger partial charge in [-0.05, 0) is 17.7 Å². The number of halogens is 2. The molecule has 2 nitrogen and oxygen atoms in total. The lowest BCUT2D eigenvalue weighted by molar-refractivity contribution is 0.263. The predicted octanol–water partition coefficient (Wildman–Crippen LogP) is 1.93. The first-order valence-corrected chi connectivity index (χ1v) is 3.95. The topological polar surface area (TPSA) is 24.1 Å². The summed E-state index contributed by atoms with van der Waals surface area (Å²) in [5, 5.41) is 0. The fourth-order valence-corrected chi connectivity index (χ4v) is 1.00. The lowest BCUT2D eigenvalue weighted by Crippen LogP contribution is -2.22. The minimum absolute atomic E-state index is 0.476. The molecule has 0 spiro atoms. The SMILES string of the molecule is FNNCc1ccc(Br)cc1. The summed E-state index contributed by atoms with van der Waals surface area (Å²) < 4.78 is 12.4. The zero-order chi connectivity index (χ0) is 8.10. The molecule has 0 fully saturated rings. The van der Waals surface area contributed by atoms with Gasteiger partial charge in [-0.2, -0.15) is 0 Å². The quantitative estimate of drug-likeness (QED) is 0.599. The molecule has 4 heteroatoms. The van der Waals surface area contributed by atoms with Gasteiger partial charge in [0.05, 0.1) is 0 Å². The predicted molar refractivity (Wildman–Crippen MR) is 45.2 cm³/mol. The smallest absolute Gasteiger partial charge is 0.0375 e. The van der Waals surface area contributed by atoms with Crippen molar-refractivity contribution in [2.75, 3.05) is 0 Å². The number of hydrazine groups is 1. The molecule has 11 heavy (non-hydrogen) atoms. The van der Waals surface area contributed by atoms with E-state index in [2.05, 4.69) is 21.4 Å². The number of nitrogens with one attached hydrogen (secondary N) is 2. The minimum atomic E-state index is 0.476. The lowest BCUT2D eigenvalue weighted by atomic mass is 10.2. The van der Waals surface area contributed by atoms with Crippen LogP contribution in [-0.2, 0) is 6.54 Å². The lowest BCUT2D eigenvalue weighted by Gasteiger charge is -1.99. The molecule has 0 amide bonds. The second-order valence-electron chi connectivity index (χ2n) is 2.07. The average Bonchev–Trinajstić information content (AvgIpc) is 2.04. The maximum atomic E-state index is 11.4. The fraction of sp³-hybridized carbons (Fsp3) is 0.143. The first kappa shape index (κ1) is 8.64. The van der Waals surface area contributed by atoms with Crippen LogP contribution in [0.5, 0.6) is 0 Å². The molecule has 60 valence electrons. The molecule has 0 bridgehead atoms. The fourth-order valence-electron chi connectivity index (χ4n) is 0.738. The van der Waals surface area contributed by atoms with Crippen LogP contribution in [0.4, 0.5) is 4.48 Å². The van der Waals surface area contributed by atoms with Crippen molar-refractivity contribution in [3.05, 3.63) is 34.3 Å². The summed E-state index contributed by atoms with van der Waals surface area (Å²) in [6.07, 6.45) is 0. The molecule has 0 aromatic heterocycles. The van der Waals surface area contributed by atoms with E-state index in [1.807, 2.05) is 24.3 Å². The largest absolute Gasteiger partial charge is 0.226 e. The van der Waals surface area contributed by atoms with E-state index in [9.17, 15) is 4.48 Å². The Labute approximate surface area is 72.8 Å². The van der Waals surface area contributed by atoms with Crippen LogP contribution in [0.1, 0.15) is 5.56 Å². The summed E-state index contributed by atoms with van der Waals surface area (Å²) in [6, 6.07) is 7.65. The summed E-state index contributed by atoms with van der Waals surface area (Å²) >= 11 is 3.30. The molecule has 1 rings (SSSR count). The van der Waals surface area contributed by atoms with E-state index in [1.165, 1.54) is 5.65 Å². The minimum Gasteiger partial charge on any atom is -0.226 e. The van der Waals surface area contributed by atoms with E-state index < -0.39 is 0 Å². The summed E-state index contributed by atoms with van der Waals surface area (Å²) in [6.45, 7) is 0.476. The van der Waals surface area contributed by atoms with Gasteiger partial charge in [-0.1, -0.05) is 33.7 Å². The van der Waals surface area contributed by atoms with E-state index in [0.29, 0.717) is 6.54 Å². The molecule has 0 unspecified atom stereocenters. The Morgan fingerprint density at radius 3 is 2.45 bits per heavy atom. The molecule has 0 saturated carbocycles. The van der Waals surface area contributed by atoms with Gasteiger partial charge < -0.3 is 0 Å². The van der Waals surface area contributed by atoms with Gasteiger partial charge in [0.1, 0.15) is 0 Å². The van der Waals surface area contributed by atoms with Gasteiger partial charge in [0.25, 0.3) is 0 Å². The standard InChI is InChI=1S/C7H8BrFN2/c8-7-3-1-6(2-4-7)5-10-11-9/h1-4,10-11H,5H2. The number of hydrogen-bond donors (Lipinski definition) is 2. The highest BCUT2D eigenvalue weighted by Crippen LogP contribution is 2.09. The van der Waals surface area contributed by atoms with Crippen molar-refractivity contribution in [2.45, 2.75) is 6.54 Å². The second-order valence-corrected chi connectivity index (χ2v) is 2.99. The van der Waals surface area contributed by atoms with Crippen LogP contribution in [0.2, 0.25) is 0 Å². The monoisotopic (exact) mass is 218 g/mol. The third-order valence-electron chi connectivity index (χ3n) is 1.27. The summed E-state index contributed by atoms with van der Waals surface area (Å²) in [4.78, 5) is 0. The maximum Gasteiger partial charge on any atom is 0.0375 e. The average molecular weight is 219 g/mol. The molecule has 0 aliphatic carbocycles. The molecular weight excluding hydrogens is 211 g/mol. The molecular formula is C7H8BrFN2. The van der Waals surface area contributed by atoms with Crippen molar-refractivity contribution in [3.63, 3.8) is 0 Å². The molecule has 2 N–H and O–H groups in total. The van der Waals surface area contributed by atoms with Gasteiger partial charge in [0.2, 0.25) is 0 Å². The molecule has 0 aliphatic heterocycles. The van der Waals surface area contributed by atoms with Gasteiger partial charge in [0.15, 0.2) is 0 Å². The number of benzene rings is 1. The van der Waals surface area contributed by atoms with E-state index in [0.717, 1.165) is 10.0 Å². The van der Waals surface area contributed by atoms with Crippen molar-refractivity contribution in [2.24, 2.45) is 0 Å². The van der Waals surface area contributed by atoms with Crippen LogP contribution >= 0.6 is 15.9 Å². The van der Waals surface area contributed by atoms with Crippen LogP contribution in [0, 0.1) is 0 Å². The second kappa shape index (κ2) is 4.43. The van der Waals surface area contributed by atoms with Crippen molar-refractivity contribution < 1.29 is 4.48 Å². The number of hydrogen-bond acceptors (Lipinski definition) is 2. The summed E-state index contributed by atoms with van der Waals surface area (Å²) in [7, 11) is 0. The van der Waals surface area contributed by atoms with Crippen molar-refractivity contribution in [1.82, 2.24) is 11.1 Å². The zero-order valence-electron chi connectivity index (χ0n) is 5.77. The van der Waals surface area contributed by atoms with Crippen LogP contribution in [0.3, 0.4) is 0 Å². The highest BCUT2D eigenvalue weighted by Gasteiger charge is 1.90. The first-order valence-electron chi connectivity index (χ1n) is 3.16. The third kappa shape index (κ3) is 2.96. The first-order chi connectivity index (χ1) is 5.33. The molecule has 0 radical (unpaired) electrons. The highest BCUT2D eigenvalue weighted by molar-refractivity contribution is 9.10. The van der Waals surface area contributed by atoms with E-state index >= 15 is 0 Å². The van der Waals surface area contributed by atoms with Gasteiger partial charge >= 0.3 is 0 Å². The van der Waals surface area contributed by atoms with Crippen LogP contribution in [-0.4, -0.2) is 0 Å². The van der Waals surface area contributed by atoms with Gasteiger partial charge in [-0.15, -0.1) is 4.48 Å². The van der Waals surface area contributed by atoms with E-state index in [1.54, 1.807) is 0 Å². The normalized spacial score (nSPS) is 10.0. The maximum absolute atomic E-state index is 11.4. The summed E-state index contributed by atoms with van der Waals surface area (Å²) in [5.41, 5.74) is 4.75. The number of rotatable bonds is 3. The Hall–Kier alpha value is -0.450. The van der Waals surface area contributed by atoms with Crippen molar-refractivity contribution >= 4 is 15.9 Å². The van der Waals surface area contributed by atoms with Gasteiger partial charge in [0, 0.05) is 11.0 Å². The van der Waals surface area contributed by atoms with Crippen molar-refractivity contribution in [1.29, 1.82) is 0 Å². The van der Waals surface area contributed by atoms with E-state index in [4.69, 9.17) is 0 Å².